The van der Waals surface area contributed by atoms with Crippen LogP contribution in [0.1, 0.15) is 23.4 Å². The summed E-state index contributed by atoms with van der Waals surface area (Å²) in [6, 6.07) is 18.3. The van der Waals surface area contributed by atoms with E-state index in [0.29, 0.717) is 36.6 Å². The normalized spacial score (nSPS) is 20.2. The molecular weight excluding hydrogens is 410 g/mol. The molecule has 2 fully saturated rings. The number of carbonyl (C=O) groups excluding carboxylic acids is 3. The number of para-hydroxylation sites is 1. The van der Waals surface area contributed by atoms with Crippen molar-refractivity contribution in [1.29, 1.82) is 0 Å². The fraction of sp³-hybridized carbons (Fsp3) is 0.208. The Kier molecular flexibility index (Phi) is 5.10. The molecule has 2 aliphatic heterocycles. The van der Waals surface area contributed by atoms with Gasteiger partial charge in [0.25, 0.3) is 11.8 Å². The number of carbonyl (C=O) groups is 3. The van der Waals surface area contributed by atoms with Crippen molar-refractivity contribution in [2.24, 2.45) is 0 Å². The van der Waals surface area contributed by atoms with Crippen LogP contribution in [0.5, 0.6) is 11.5 Å². The maximum Gasteiger partial charge on any atom is 0.332 e. The molecular formula is C24H21N3O5. The lowest BCUT2D eigenvalue weighted by Gasteiger charge is -2.32. The average Bonchev–Trinajstić information content (AvgIpc) is 3.43. The molecule has 3 heterocycles. The summed E-state index contributed by atoms with van der Waals surface area (Å²) >= 11 is 0. The van der Waals surface area contributed by atoms with Crippen LogP contribution in [0.25, 0.3) is 0 Å². The van der Waals surface area contributed by atoms with Crippen molar-refractivity contribution in [3.8, 4) is 11.5 Å². The highest BCUT2D eigenvalue weighted by atomic mass is 16.5. The fourth-order valence-electron chi connectivity index (χ4n) is 4.12. The van der Waals surface area contributed by atoms with Crippen LogP contribution in [-0.2, 0) is 4.79 Å². The molecule has 1 N–H and O–H groups in total. The van der Waals surface area contributed by atoms with Gasteiger partial charge >= 0.3 is 6.03 Å². The largest absolute Gasteiger partial charge is 0.459 e. The predicted molar refractivity (Wildman–Crippen MR) is 116 cm³/mol. The molecule has 0 aliphatic carbocycles. The van der Waals surface area contributed by atoms with Crippen molar-refractivity contribution < 1.29 is 23.5 Å². The Bertz CT molecular complexity index is 1130. The second kappa shape index (κ2) is 8.22. The summed E-state index contributed by atoms with van der Waals surface area (Å²) in [5.74, 6) is 0.922. The maximum atomic E-state index is 13.1. The van der Waals surface area contributed by atoms with Gasteiger partial charge in [0.05, 0.1) is 12.0 Å². The molecule has 2 aromatic carbocycles. The van der Waals surface area contributed by atoms with E-state index < -0.39 is 6.04 Å². The standard InChI is InChI=1S/C24H21N3O5/c28-22(21-7-4-14-31-21)25-16-12-13-26-20(15-16)23(29)27(24(26)30)17-8-10-19(11-9-17)32-18-5-2-1-3-6-18/h1-11,14,16,20H,12-13,15H2,(H,25,28)/t16-,20-/m0/s1. The van der Waals surface area contributed by atoms with Crippen molar-refractivity contribution in [2.45, 2.75) is 24.9 Å². The molecule has 0 unspecified atom stereocenters. The number of anilines is 1. The molecule has 0 spiro atoms. The zero-order chi connectivity index (χ0) is 22.1. The van der Waals surface area contributed by atoms with Crippen LogP contribution in [0.3, 0.4) is 0 Å². The van der Waals surface area contributed by atoms with Gasteiger partial charge in [-0.15, -0.1) is 0 Å². The summed E-state index contributed by atoms with van der Waals surface area (Å²) in [5.41, 5.74) is 0.492. The van der Waals surface area contributed by atoms with Gasteiger partial charge in [0.1, 0.15) is 17.5 Å². The van der Waals surface area contributed by atoms with E-state index in [4.69, 9.17) is 9.15 Å². The number of nitrogens with one attached hydrogen (secondary N) is 1. The molecule has 2 saturated heterocycles. The molecule has 0 saturated carbocycles. The molecule has 8 nitrogen and oxygen atoms in total. The third-order valence-corrected chi connectivity index (χ3v) is 5.70. The summed E-state index contributed by atoms with van der Waals surface area (Å²) in [5, 5.41) is 2.90. The Morgan fingerprint density at radius 1 is 0.969 bits per heavy atom. The molecule has 4 amide bonds. The second-order valence-electron chi connectivity index (χ2n) is 7.75. The third-order valence-electron chi connectivity index (χ3n) is 5.70. The maximum absolute atomic E-state index is 13.1. The molecule has 2 atom stereocenters. The highest BCUT2D eigenvalue weighted by Crippen LogP contribution is 2.32. The number of urea groups is 1. The predicted octanol–water partition coefficient (Wildman–Crippen LogP) is 3.80. The molecule has 5 rings (SSSR count). The zero-order valence-electron chi connectivity index (χ0n) is 17.1. The van der Waals surface area contributed by atoms with Crippen molar-refractivity contribution in [1.82, 2.24) is 10.2 Å². The van der Waals surface area contributed by atoms with Crippen molar-refractivity contribution in [3.63, 3.8) is 0 Å². The quantitative estimate of drug-likeness (QED) is 0.621. The van der Waals surface area contributed by atoms with Gasteiger partial charge < -0.3 is 19.4 Å². The summed E-state index contributed by atoms with van der Waals surface area (Å²) in [6.45, 7) is 0.393. The minimum Gasteiger partial charge on any atom is -0.459 e. The number of ether oxygens (including phenoxy) is 1. The van der Waals surface area contributed by atoms with Crippen LogP contribution in [0.2, 0.25) is 0 Å². The molecule has 0 radical (unpaired) electrons. The molecule has 3 aromatic rings. The number of piperidine rings is 1. The molecule has 162 valence electrons. The average molecular weight is 431 g/mol. The van der Waals surface area contributed by atoms with Gasteiger partial charge in [-0.25, -0.2) is 9.69 Å². The third kappa shape index (κ3) is 3.71. The number of furan rings is 1. The number of nitrogens with zero attached hydrogens (tertiary/aromatic N) is 2. The highest BCUT2D eigenvalue weighted by molar-refractivity contribution is 6.21. The first-order valence-corrected chi connectivity index (χ1v) is 10.4. The number of fused-ring (bicyclic) bond motifs is 1. The van der Waals surface area contributed by atoms with E-state index >= 15 is 0 Å². The van der Waals surface area contributed by atoms with Crippen LogP contribution < -0.4 is 15.0 Å². The summed E-state index contributed by atoms with van der Waals surface area (Å²) in [7, 11) is 0. The minimum atomic E-state index is -0.599. The topological polar surface area (TPSA) is 92.1 Å². The van der Waals surface area contributed by atoms with E-state index in [2.05, 4.69) is 5.32 Å². The van der Waals surface area contributed by atoms with E-state index in [0.717, 1.165) is 0 Å². The first-order valence-electron chi connectivity index (χ1n) is 10.4. The van der Waals surface area contributed by atoms with Gasteiger partial charge in [-0.3, -0.25) is 9.59 Å². The number of benzene rings is 2. The number of amides is 4. The monoisotopic (exact) mass is 431 g/mol. The van der Waals surface area contributed by atoms with Gasteiger partial charge in [0, 0.05) is 12.6 Å². The molecule has 32 heavy (non-hydrogen) atoms. The zero-order valence-corrected chi connectivity index (χ0v) is 17.1. The Hall–Kier alpha value is -4.07. The Labute approximate surface area is 184 Å². The fourth-order valence-corrected chi connectivity index (χ4v) is 4.12. The van der Waals surface area contributed by atoms with Crippen LogP contribution in [0.4, 0.5) is 10.5 Å². The molecule has 1 aromatic heterocycles. The minimum absolute atomic E-state index is 0.216. The Morgan fingerprint density at radius 3 is 2.44 bits per heavy atom. The Balaban J connectivity index is 1.27. The van der Waals surface area contributed by atoms with E-state index in [9.17, 15) is 14.4 Å². The van der Waals surface area contributed by atoms with Crippen LogP contribution in [0, 0.1) is 0 Å². The summed E-state index contributed by atoms with van der Waals surface area (Å²) < 4.78 is 10.9. The van der Waals surface area contributed by atoms with Crippen LogP contribution >= 0.6 is 0 Å². The lowest BCUT2D eigenvalue weighted by atomic mass is 9.98. The van der Waals surface area contributed by atoms with Crippen molar-refractivity contribution >= 4 is 23.5 Å². The Morgan fingerprint density at radius 2 is 1.72 bits per heavy atom. The van der Waals surface area contributed by atoms with Gasteiger partial charge in [0.2, 0.25) is 0 Å². The van der Waals surface area contributed by atoms with Crippen molar-refractivity contribution in [3.05, 3.63) is 78.8 Å². The number of imide groups is 1. The lowest BCUT2D eigenvalue weighted by Crippen LogP contribution is -2.49. The second-order valence-corrected chi connectivity index (χ2v) is 7.75. The van der Waals surface area contributed by atoms with E-state index in [1.807, 2.05) is 30.3 Å². The van der Waals surface area contributed by atoms with Crippen LogP contribution in [0.15, 0.2) is 77.4 Å². The summed E-state index contributed by atoms with van der Waals surface area (Å²) in [4.78, 5) is 41.1. The van der Waals surface area contributed by atoms with Crippen molar-refractivity contribution in [2.75, 3.05) is 11.4 Å². The van der Waals surface area contributed by atoms with E-state index in [-0.39, 0.29) is 29.6 Å². The number of hydrogen-bond donors (Lipinski definition) is 1. The molecule has 2 aliphatic rings. The van der Waals surface area contributed by atoms with Gasteiger partial charge in [-0.1, -0.05) is 18.2 Å². The van der Waals surface area contributed by atoms with Gasteiger partial charge in [-0.2, -0.15) is 0 Å². The van der Waals surface area contributed by atoms with Crippen LogP contribution in [-0.4, -0.2) is 41.4 Å². The highest BCUT2D eigenvalue weighted by Gasteiger charge is 2.48. The van der Waals surface area contributed by atoms with E-state index in [1.165, 1.54) is 11.2 Å². The van der Waals surface area contributed by atoms with Gasteiger partial charge in [0.15, 0.2) is 5.76 Å². The number of hydrogen-bond acceptors (Lipinski definition) is 5. The molecule has 8 heteroatoms. The molecule has 0 bridgehead atoms. The smallest absolute Gasteiger partial charge is 0.332 e. The summed E-state index contributed by atoms with van der Waals surface area (Å²) in [6.07, 6.45) is 2.37. The first kappa shape index (κ1) is 19.9. The SMILES string of the molecule is O=C(N[C@H]1CCN2C(=O)N(c3ccc(Oc4ccccc4)cc3)C(=O)[C@@H]2C1)c1ccco1. The number of rotatable bonds is 5. The van der Waals surface area contributed by atoms with Gasteiger partial charge in [-0.05, 0) is 61.4 Å². The van der Waals surface area contributed by atoms with E-state index in [1.54, 1.807) is 41.3 Å². The lowest BCUT2D eigenvalue weighted by molar-refractivity contribution is -0.120. The first-order chi connectivity index (χ1) is 15.6.